The summed E-state index contributed by atoms with van der Waals surface area (Å²) in [5, 5.41) is 5.13. The summed E-state index contributed by atoms with van der Waals surface area (Å²) in [4.78, 5) is 24.3. The predicted octanol–water partition coefficient (Wildman–Crippen LogP) is 4.75. The van der Waals surface area contributed by atoms with Crippen molar-refractivity contribution in [2.45, 2.75) is 32.4 Å². The van der Waals surface area contributed by atoms with Crippen molar-refractivity contribution in [3.05, 3.63) is 59.7 Å². The van der Waals surface area contributed by atoms with Gasteiger partial charge < -0.3 is 15.4 Å². The van der Waals surface area contributed by atoms with Crippen molar-refractivity contribution in [1.82, 2.24) is 0 Å². The van der Waals surface area contributed by atoms with E-state index in [1.165, 1.54) is 6.07 Å². The van der Waals surface area contributed by atoms with E-state index < -0.39 is 25.3 Å². The first-order valence-electron chi connectivity index (χ1n) is 8.91. The van der Waals surface area contributed by atoms with Crippen LogP contribution in [0.3, 0.4) is 0 Å². The average Bonchev–Trinajstić information content (AvgIpc) is 2.61. The molecule has 2 rings (SSSR count). The number of nitrogens with one attached hydrogen (secondary N) is 2. The average molecular weight is 408 g/mol. The molecule has 0 bridgehead atoms. The summed E-state index contributed by atoms with van der Waals surface area (Å²) in [5.41, 5.74) is 2.06. The lowest BCUT2D eigenvalue weighted by atomic mass is 9.87. The highest BCUT2D eigenvalue weighted by Crippen LogP contribution is 2.24. The summed E-state index contributed by atoms with van der Waals surface area (Å²) in [6, 6.07) is 13.6. The van der Waals surface area contributed by atoms with Gasteiger partial charge in [0.2, 0.25) is 5.91 Å². The minimum atomic E-state index is -4.51. The third kappa shape index (κ3) is 7.23. The van der Waals surface area contributed by atoms with Crippen LogP contribution in [-0.2, 0) is 14.9 Å². The van der Waals surface area contributed by atoms with Crippen molar-refractivity contribution in [2.24, 2.45) is 0 Å². The molecule has 8 heteroatoms. The quantitative estimate of drug-likeness (QED) is 0.725. The first kappa shape index (κ1) is 22.4. The number of rotatable bonds is 6. The van der Waals surface area contributed by atoms with Crippen LogP contribution in [0.1, 0.15) is 36.7 Å². The maximum absolute atomic E-state index is 12.5. The van der Waals surface area contributed by atoms with Crippen LogP contribution in [0.5, 0.6) is 0 Å². The number of amides is 2. The van der Waals surface area contributed by atoms with Gasteiger partial charge >= 0.3 is 6.18 Å². The molecule has 0 aromatic heterocycles. The Hall–Kier alpha value is -2.87. The van der Waals surface area contributed by atoms with E-state index in [1.807, 2.05) is 12.1 Å². The van der Waals surface area contributed by atoms with Crippen LogP contribution in [-0.4, -0.2) is 31.2 Å². The second-order valence-corrected chi connectivity index (χ2v) is 7.48. The number of carbonyl (C=O) groups is 2. The monoisotopic (exact) mass is 408 g/mol. The summed E-state index contributed by atoms with van der Waals surface area (Å²) in [5.74, 6) is -1.13. The van der Waals surface area contributed by atoms with E-state index in [2.05, 4.69) is 36.1 Å². The molecule has 0 spiro atoms. The molecule has 29 heavy (non-hydrogen) atoms. The van der Waals surface area contributed by atoms with Crippen molar-refractivity contribution in [2.75, 3.05) is 23.8 Å². The highest BCUT2D eigenvalue weighted by atomic mass is 19.4. The Morgan fingerprint density at radius 2 is 1.45 bits per heavy atom. The second kappa shape index (κ2) is 9.09. The molecule has 0 fully saturated rings. The molecule has 0 aliphatic rings. The molecule has 2 aromatic carbocycles. The molecular weight excluding hydrogens is 385 g/mol. The fourth-order valence-electron chi connectivity index (χ4n) is 2.46. The zero-order valence-electron chi connectivity index (χ0n) is 16.4. The molecule has 0 saturated heterocycles. The number of benzene rings is 2. The van der Waals surface area contributed by atoms with Gasteiger partial charge in [0, 0.05) is 5.56 Å². The molecule has 5 nitrogen and oxygen atoms in total. The zero-order chi connectivity index (χ0) is 21.7. The lowest BCUT2D eigenvalue weighted by Gasteiger charge is -2.19. The number of ether oxygens (including phenoxy) is 1. The minimum absolute atomic E-state index is 0.0416. The largest absolute Gasteiger partial charge is 0.411 e. The Labute approximate surface area is 167 Å². The van der Waals surface area contributed by atoms with E-state index in [9.17, 15) is 22.8 Å². The van der Waals surface area contributed by atoms with Gasteiger partial charge in [0.15, 0.2) is 0 Å². The first-order chi connectivity index (χ1) is 13.5. The first-order valence-corrected chi connectivity index (χ1v) is 8.91. The summed E-state index contributed by atoms with van der Waals surface area (Å²) in [7, 11) is 0. The molecular formula is C21H23F3N2O3. The van der Waals surface area contributed by atoms with Crippen molar-refractivity contribution in [3.63, 3.8) is 0 Å². The summed E-state index contributed by atoms with van der Waals surface area (Å²) >= 11 is 0. The van der Waals surface area contributed by atoms with Gasteiger partial charge in [-0.05, 0) is 35.2 Å². The van der Waals surface area contributed by atoms with Crippen molar-refractivity contribution in [3.8, 4) is 0 Å². The van der Waals surface area contributed by atoms with Crippen LogP contribution >= 0.6 is 0 Å². The normalized spacial score (nSPS) is 11.8. The van der Waals surface area contributed by atoms with Crippen molar-refractivity contribution in [1.29, 1.82) is 0 Å². The van der Waals surface area contributed by atoms with Gasteiger partial charge in [-0.3, -0.25) is 9.59 Å². The van der Waals surface area contributed by atoms with Gasteiger partial charge in [0.05, 0.1) is 11.4 Å². The van der Waals surface area contributed by atoms with Crippen molar-refractivity contribution >= 4 is 23.2 Å². The minimum Gasteiger partial charge on any atom is -0.362 e. The second-order valence-electron chi connectivity index (χ2n) is 7.48. The van der Waals surface area contributed by atoms with Gasteiger partial charge in [0.1, 0.15) is 13.2 Å². The summed E-state index contributed by atoms with van der Waals surface area (Å²) in [6.45, 7) is 3.94. The van der Waals surface area contributed by atoms with E-state index >= 15 is 0 Å². The van der Waals surface area contributed by atoms with Crippen LogP contribution in [0.15, 0.2) is 48.5 Å². The summed E-state index contributed by atoms with van der Waals surface area (Å²) in [6.07, 6.45) is -4.51. The lowest BCUT2D eigenvalue weighted by molar-refractivity contribution is -0.174. The van der Waals surface area contributed by atoms with Crippen LogP contribution in [0.25, 0.3) is 0 Å². The molecule has 0 saturated carbocycles. The smallest absolute Gasteiger partial charge is 0.362 e. The third-order valence-corrected chi connectivity index (χ3v) is 3.96. The molecule has 0 atom stereocenters. The maximum atomic E-state index is 12.5. The Kier molecular flexibility index (Phi) is 7.02. The third-order valence-electron chi connectivity index (χ3n) is 3.96. The molecule has 2 amide bonds. The van der Waals surface area contributed by atoms with Crippen LogP contribution in [0.4, 0.5) is 24.5 Å². The molecule has 0 radical (unpaired) electrons. The van der Waals surface area contributed by atoms with Gasteiger partial charge in [0.25, 0.3) is 5.91 Å². The molecule has 2 N–H and O–H groups in total. The highest BCUT2D eigenvalue weighted by Gasteiger charge is 2.27. The van der Waals surface area contributed by atoms with Gasteiger partial charge in [-0.1, -0.05) is 45.0 Å². The van der Waals surface area contributed by atoms with E-state index in [0.717, 1.165) is 5.56 Å². The van der Waals surface area contributed by atoms with E-state index in [-0.39, 0.29) is 17.0 Å². The Bertz CT molecular complexity index is 857. The maximum Gasteiger partial charge on any atom is 0.411 e. The Morgan fingerprint density at radius 3 is 1.97 bits per heavy atom. The molecule has 0 heterocycles. The standard InChI is InChI=1S/C21H23F3N2O3/c1-20(2,3)15-10-8-14(9-11-15)19(28)26-17-7-5-4-6-16(17)25-18(27)12-29-13-21(22,23)24/h4-11H,12-13H2,1-3H3,(H,25,27)(H,26,28). The molecule has 156 valence electrons. The number of carbonyl (C=O) groups excluding carboxylic acids is 2. The SMILES string of the molecule is CC(C)(C)c1ccc(C(=O)Nc2ccccc2NC(=O)COCC(F)(F)F)cc1. The lowest BCUT2D eigenvalue weighted by Crippen LogP contribution is -2.24. The fourth-order valence-corrected chi connectivity index (χ4v) is 2.46. The number of para-hydroxylation sites is 2. The van der Waals surface area contributed by atoms with Crippen molar-refractivity contribution < 1.29 is 27.5 Å². The molecule has 0 unspecified atom stereocenters. The van der Waals surface area contributed by atoms with E-state index in [0.29, 0.717) is 11.3 Å². The number of alkyl halides is 3. The summed E-state index contributed by atoms with van der Waals surface area (Å²) < 4.78 is 40.6. The molecule has 0 aliphatic heterocycles. The molecule has 2 aromatic rings. The van der Waals surface area contributed by atoms with Gasteiger partial charge in [-0.15, -0.1) is 0 Å². The zero-order valence-corrected chi connectivity index (χ0v) is 16.4. The van der Waals surface area contributed by atoms with E-state index in [1.54, 1.807) is 30.3 Å². The topological polar surface area (TPSA) is 67.4 Å². The van der Waals surface area contributed by atoms with Crippen LogP contribution in [0, 0.1) is 0 Å². The van der Waals surface area contributed by atoms with E-state index in [4.69, 9.17) is 0 Å². The highest BCUT2D eigenvalue weighted by molar-refractivity contribution is 6.07. The molecule has 0 aliphatic carbocycles. The van der Waals surface area contributed by atoms with Gasteiger partial charge in [-0.2, -0.15) is 13.2 Å². The predicted molar refractivity (Wildman–Crippen MR) is 105 cm³/mol. The Balaban J connectivity index is 2.03. The number of anilines is 2. The van der Waals surface area contributed by atoms with Gasteiger partial charge in [-0.25, -0.2) is 0 Å². The van der Waals surface area contributed by atoms with Crippen LogP contribution in [0.2, 0.25) is 0 Å². The number of hydrogen-bond donors (Lipinski definition) is 2. The number of halogens is 3. The Morgan fingerprint density at radius 1 is 0.897 bits per heavy atom. The fraction of sp³-hybridized carbons (Fsp3) is 0.333. The number of hydrogen-bond acceptors (Lipinski definition) is 3. The van der Waals surface area contributed by atoms with Crippen LogP contribution < -0.4 is 10.6 Å².